The van der Waals surface area contributed by atoms with E-state index in [1.54, 1.807) is 6.07 Å². The molecular formula is C14H21O3P. The number of aryl methyl sites for hydroxylation is 1. The predicted molar refractivity (Wildman–Crippen MR) is 73.2 cm³/mol. The molecule has 1 aromatic rings. The number of hydrogen-bond acceptors (Lipinski definition) is 2. The molecule has 0 saturated heterocycles. The Balaban J connectivity index is 2.16. The Kier molecular flexibility index (Phi) is 4.14. The van der Waals surface area contributed by atoms with E-state index in [4.69, 9.17) is 4.52 Å². The molecule has 0 amide bonds. The SMILES string of the molecule is Cc1cccc(OP(=O)(O)C2CCCCC2)c1C. The van der Waals surface area contributed by atoms with Gasteiger partial charge in [0.05, 0.1) is 5.66 Å². The molecular weight excluding hydrogens is 247 g/mol. The quantitative estimate of drug-likeness (QED) is 0.836. The van der Waals surface area contributed by atoms with Crippen LogP contribution in [0.5, 0.6) is 5.75 Å². The number of hydrogen-bond donors (Lipinski definition) is 1. The standard InChI is InChI=1S/C14H21O3P/c1-11-7-6-10-14(12(11)2)17-18(15,16)13-8-4-3-5-9-13/h6-7,10,13H,3-5,8-9H2,1-2H3,(H,15,16). The smallest absolute Gasteiger partial charge is 0.379 e. The van der Waals surface area contributed by atoms with Crippen LogP contribution in [0.1, 0.15) is 43.2 Å². The molecule has 18 heavy (non-hydrogen) atoms. The van der Waals surface area contributed by atoms with Gasteiger partial charge in [0.2, 0.25) is 0 Å². The van der Waals surface area contributed by atoms with Gasteiger partial charge in [0.25, 0.3) is 0 Å². The van der Waals surface area contributed by atoms with Crippen LogP contribution in [0.15, 0.2) is 18.2 Å². The van der Waals surface area contributed by atoms with Crippen molar-refractivity contribution in [1.29, 1.82) is 0 Å². The molecule has 1 atom stereocenters. The van der Waals surface area contributed by atoms with Crippen molar-refractivity contribution in [2.45, 2.75) is 51.6 Å². The molecule has 1 saturated carbocycles. The Morgan fingerprint density at radius 1 is 1.22 bits per heavy atom. The van der Waals surface area contributed by atoms with Gasteiger partial charge in [0.1, 0.15) is 5.75 Å². The Morgan fingerprint density at radius 3 is 2.56 bits per heavy atom. The normalized spacial score (nSPS) is 20.4. The van der Waals surface area contributed by atoms with Crippen LogP contribution in [0.4, 0.5) is 0 Å². The molecule has 1 aromatic carbocycles. The van der Waals surface area contributed by atoms with Crippen LogP contribution >= 0.6 is 7.60 Å². The second-order valence-electron chi connectivity index (χ2n) is 5.15. The molecule has 3 nitrogen and oxygen atoms in total. The van der Waals surface area contributed by atoms with E-state index in [9.17, 15) is 9.46 Å². The fraction of sp³-hybridized carbons (Fsp3) is 0.571. The van der Waals surface area contributed by atoms with E-state index in [2.05, 4.69) is 0 Å². The number of benzene rings is 1. The monoisotopic (exact) mass is 268 g/mol. The fourth-order valence-corrected chi connectivity index (χ4v) is 4.09. The van der Waals surface area contributed by atoms with Crippen LogP contribution in [0.3, 0.4) is 0 Å². The van der Waals surface area contributed by atoms with Crippen LogP contribution in [-0.4, -0.2) is 10.6 Å². The second-order valence-corrected chi connectivity index (χ2v) is 7.19. The summed E-state index contributed by atoms with van der Waals surface area (Å²) in [6, 6.07) is 5.61. The van der Waals surface area contributed by atoms with Crippen LogP contribution < -0.4 is 4.52 Å². The lowest BCUT2D eigenvalue weighted by Gasteiger charge is -2.26. The van der Waals surface area contributed by atoms with Gasteiger partial charge in [-0.25, -0.2) is 4.57 Å². The largest absolute Gasteiger partial charge is 0.424 e. The first-order valence-electron chi connectivity index (χ1n) is 6.59. The molecule has 0 spiro atoms. The Labute approximate surface area is 109 Å². The summed E-state index contributed by atoms with van der Waals surface area (Å²) in [6.07, 6.45) is 4.84. The lowest BCUT2D eigenvalue weighted by molar-refractivity contribution is 0.342. The summed E-state index contributed by atoms with van der Waals surface area (Å²) in [7, 11) is -3.54. The first kappa shape index (κ1) is 13.6. The van der Waals surface area contributed by atoms with Crippen LogP contribution in [0.2, 0.25) is 0 Å². The number of rotatable bonds is 3. The first-order valence-corrected chi connectivity index (χ1v) is 8.23. The zero-order valence-corrected chi connectivity index (χ0v) is 12.0. The zero-order valence-electron chi connectivity index (χ0n) is 11.1. The highest BCUT2D eigenvalue weighted by atomic mass is 31.2. The van der Waals surface area contributed by atoms with Gasteiger partial charge in [-0.3, -0.25) is 0 Å². The summed E-state index contributed by atoms with van der Waals surface area (Å²) in [5.74, 6) is 0.548. The van der Waals surface area contributed by atoms with Gasteiger partial charge in [0, 0.05) is 0 Å². The highest BCUT2D eigenvalue weighted by Gasteiger charge is 2.35. The predicted octanol–water partition coefficient (Wildman–Crippen LogP) is 4.20. The van der Waals surface area contributed by atoms with E-state index in [1.165, 1.54) is 6.42 Å². The molecule has 1 aliphatic carbocycles. The van der Waals surface area contributed by atoms with Crippen molar-refractivity contribution in [3.63, 3.8) is 0 Å². The van der Waals surface area contributed by atoms with E-state index in [0.29, 0.717) is 5.75 Å². The van der Waals surface area contributed by atoms with E-state index in [-0.39, 0.29) is 5.66 Å². The van der Waals surface area contributed by atoms with E-state index in [1.807, 2.05) is 26.0 Å². The summed E-state index contributed by atoms with van der Waals surface area (Å²) < 4.78 is 17.8. The van der Waals surface area contributed by atoms with Gasteiger partial charge >= 0.3 is 7.60 Å². The van der Waals surface area contributed by atoms with Gasteiger partial charge in [-0.15, -0.1) is 0 Å². The molecule has 0 aromatic heterocycles. The highest BCUT2D eigenvalue weighted by Crippen LogP contribution is 2.53. The van der Waals surface area contributed by atoms with Crippen molar-refractivity contribution < 1.29 is 14.0 Å². The summed E-state index contributed by atoms with van der Waals surface area (Å²) >= 11 is 0. The van der Waals surface area contributed by atoms with Crippen LogP contribution in [0.25, 0.3) is 0 Å². The summed E-state index contributed by atoms with van der Waals surface area (Å²) in [6.45, 7) is 3.90. The zero-order chi connectivity index (χ0) is 13.2. The molecule has 4 heteroatoms. The Bertz CT molecular complexity index is 464. The van der Waals surface area contributed by atoms with Crippen molar-refractivity contribution >= 4 is 7.60 Å². The van der Waals surface area contributed by atoms with Crippen molar-refractivity contribution in [3.05, 3.63) is 29.3 Å². The molecule has 0 bridgehead atoms. The van der Waals surface area contributed by atoms with E-state index in [0.717, 1.165) is 36.8 Å². The summed E-state index contributed by atoms with van der Waals surface area (Å²) in [4.78, 5) is 10.1. The lowest BCUT2D eigenvalue weighted by Crippen LogP contribution is -2.16. The maximum Gasteiger partial charge on any atom is 0.379 e. The van der Waals surface area contributed by atoms with Gasteiger partial charge < -0.3 is 9.42 Å². The molecule has 1 aliphatic rings. The molecule has 1 N–H and O–H groups in total. The average Bonchev–Trinajstić information content (AvgIpc) is 2.36. The minimum Gasteiger partial charge on any atom is -0.424 e. The minimum absolute atomic E-state index is 0.189. The van der Waals surface area contributed by atoms with Crippen LogP contribution in [-0.2, 0) is 4.57 Å². The molecule has 2 rings (SSSR count). The summed E-state index contributed by atoms with van der Waals surface area (Å²) in [5.41, 5.74) is 1.84. The second kappa shape index (κ2) is 5.46. The van der Waals surface area contributed by atoms with Gasteiger partial charge in [-0.2, -0.15) is 0 Å². The molecule has 1 fully saturated rings. The van der Waals surface area contributed by atoms with Crippen molar-refractivity contribution in [1.82, 2.24) is 0 Å². The summed E-state index contributed by atoms with van der Waals surface area (Å²) in [5, 5.41) is 0. The molecule has 0 aliphatic heterocycles. The van der Waals surface area contributed by atoms with E-state index >= 15 is 0 Å². The first-order chi connectivity index (χ1) is 8.50. The van der Waals surface area contributed by atoms with Crippen molar-refractivity contribution in [2.75, 3.05) is 0 Å². The van der Waals surface area contributed by atoms with Crippen molar-refractivity contribution in [3.8, 4) is 5.75 Å². The third-order valence-electron chi connectivity index (χ3n) is 3.82. The Hall–Kier alpha value is -0.790. The topological polar surface area (TPSA) is 46.5 Å². The van der Waals surface area contributed by atoms with Crippen molar-refractivity contribution in [2.24, 2.45) is 0 Å². The third-order valence-corrected chi connectivity index (χ3v) is 5.72. The van der Waals surface area contributed by atoms with Crippen LogP contribution in [0, 0.1) is 13.8 Å². The third kappa shape index (κ3) is 2.96. The Morgan fingerprint density at radius 2 is 1.89 bits per heavy atom. The van der Waals surface area contributed by atoms with Gasteiger partial charge in [-0.05, 0) is 43.9 Å². The molecule has 1 unspecified atom stereocenters. The van der Waals surface area contributed by atoms with Gasteiger partial charge in [0.15, 0.2) is 0 Å². The average molecular weight is 268 g/mol. The van der Waals surface area contributed by atoms with E-state index < -0.39 is 7.60 Å². The molecule has 0 radical (unpaired) electrons. The minimum atomic E-state index is -3.54. The highest BCUT2D eigenvalue weighted by molar-refractivity contribution is 7.54. The molecule has 100 valence electrons. The molecule has 0 heterocycles. The fourth-order valence-electron chi connectivity index (χ4n) is 2.45. The van der Waals surface area contributed by atoms with Gasteiger partial charge in [-0.1, -0.05) is 31.4 Å². The lowest BCUT2D eigenvalue weighted by atomic mass is 10.0. The maximum atomic E-state index is 12.3. The maximum absolute atomic E-state index is 12.3.